The molecule has 1 aromatic carbocycles. The van der Waals surface area contributed by atoms with E-state index >= 15 is 0 Å². The molecule has 0 bridgehead atoms. The third-order valence-corrected chi connectivity index (χ3v) is 2.72. The van der Waals surface area contributed by atoms with E-state index in [0.29, 0.717) is 11.4 Å². The summed E-state index contributed by atoms with van der Waals surface area (Å²) in [5.41, 5.74) is 0.0745. The molecule has 0 aliphatic carbocycles. The molecule has 0 aliphatic heterocycles. The first-order valence-corrected chi connectivity index (χ1v) is 5.79. The first kappa shape index (κ1) is 14.3. The number of rotatable bonds is 5. The maximum atomic E-state index is 11.7. The summed E-state index contributed by atoms with van der Waals surface area (Å²) in [6.07, 6.45) is 0.322. The van der Waals surface area contributed by atoms with Crippen LogP contribution in [-0.4, -0.2) is 28.6 Å². The van der Waals surface area contributed by atoms with E-state index in [-0.39, 0.29) is 17.9 Å². The molecule has 1 atom stereocenters. The Morgan fingerprint density at radius 3 is 2.72 bits per heavy atom. The molecule has 0 radical (unpaired) electrons. The van der Waals surface area contributed by atoms with E-state index in [9.17, 15) is 14.7 Å². The third kappa shape index (κ3) is 3.92. The van der Waals surface area contributed by atoms with Crippen LogP contribution in [0.3, 0.4) is 0 Å². The van der Waals surface area contributed by atoms with Gasteiger partial charge in [-0.05, 0) is 24.6 Å². The molecule has 0 aromatic heterocycles. The van der Waals surface area contributed by atoms with Gasteiger partial charge >= 0.3 is 5.97 Å². The molecule has 0 saturated heterocycles. The Bertz CT molecular complexity index is 461. The van der Waals surface area contributed by atoms with E-state index in [4.69, 9.17) is 16.7 Å². The minimum absolute atomic E-state index is 0.0745. The standard InChI is InChI=1S/C12H14ClNO4/c1-7(12(17)18)4-5-14-11(16)9-6-8(13)2-3-10(9)15/h2-3,6-7,15H,4-5H2,1H3,(H,14,16)(H,17,18). The first-order valence-electron chi connectivity index (χ1n) is 5.41. The van der Waals surface area contributed by atoms with Crippen molar-refractivity contribution in [1.82, 2.24) is 5.32 Å². The predicted molar refractivity (Wildman–Crippen MR) is 66.9 cm³/mol. The van der Waals surface area contributed by atoms with Gasteiger partial charge < -0.3 is 15.5 Å². The number of aromatic hydroxyl groups is 1. The second-order valence-electron chi connectivity index (χ2n) is 3.95. The number of carboxylic acid groups (broad SMARTS) is 1. The predicted octanol–water partition coefficient (Wildman–Crippen LogP) is 1.89. The molecule has 0 fully saturated rings. The van der Waals surface area contributed by atoms with Crippen molar-refractivity contribution in [2.45, 2.75) is 13.3 Å². The largest absolute Gasteiger partial charge is 0.507 e. The molecule has 1 aromatic rings. The molecule has 0 spiro atoms. The molecule has 3 N–H and O–H groups in total. The monoisotopic (exact) mass is 271 g/mol. The zero-order chi connectivity index (χ0) is 13.7. The van der Waals surface area contributed by atoms with Crippen molar-refractivity contribution in [3.05, 3.63) is 28.8 Å². The van der Waals surface area contributed by atoms with Gasteiger partial charge in [-0.3, -0.25) is 9.59 Å². The van der Waals surface area contributed by atoms with E-state index in [1.165, 1.54) is 18.2 Å². The number of halogens is 1. The molecular formula is C12H14ClNO4. The Balaban J connectivity index is 2.55. The van der Waals surface area contributed by atoms with Gasteiger partial charge in [0, 0.05) is 11.6 Å². The van der Waals surface area contributed by atoms with Crippen molar-refractivity contribution in [2.75, 3.05) is 6.54 Å². The summed E-state index contributed by atoms with van der Waals surface area (Å²) in [7, 11) is 0. The summed E-state index contributed by atoms with van der Waals surface area (Å²) in [6.45, 7) is 1.78. The van der Waals surface area contributed by atoms with Crippen LogP contribution in [0.5, 0.6) is 5.75 Å². The number of nitrogens with one attached hydrogen (secondary N) is 1. The lowest BCUT2D eigenvalue weighted by Crippen LogP contribution is -2.27. The van der Waals surface area contributed by atoms with Crippen LogP contribution in [-0.2, 0) is 4.79 Å². The Hall–Kier alpha value is -1.75. The number of benzene rings is 1. The zero-order valence-electron chi connectivity index (χ0n) is 9.81. The molecular weight excluding hydrogens is 258 g/mol. The normalized spacial score (nSPS) is 11.9. The minimum Gasteiger partial charge on any atom is -0.507 e. The van der Waals surface area contributed by atoms with Gasteiger partial charge in [0.05, 0.1) is 11.5 Å². The van der Waals surface area contributed by atoms with Crippen molar-refractivity contribution in [1.29, 1.82) is 0 Å². The Morgan fingerprint density at radius 1 is 1.44 bits per heavy atom. The molecule has 98 valence electrons. The number of phenolic OH excluding ortho intramolecular Hbond substituents is 1. The number of hydrogen-bond acceptors (Lipinski definition) is 3. The second kappa shape index (κ2) is 6.26. The highest BCUT2D eigenvalue weighted by Gasteiger charge is 2.14. The molecule has 0 aliphatic rings. The number of carbonyl (C=O) groups is 2. The summed E-state index contributed by atoms with van der Waals surface area (Å²) in [6, 6.07) is 4.16. The fraction of sp³-hybridized carbons (Fsp3) is 0.333. The van der Waals surface area contributed by atoms with Crippen molar-refractivity contribution in [3.63, 3.8) is 0 Å². The van der Waals surface area contributed by atoms with Gasteiger partial charge in [-0.25, -0.2) is 0 Å². The summed E-state index contributed by atoms with van der Waals surface area (Å²) >= 11 is 5.72. The van der Waals surface area contributed by atoms with E-state index < -0.39 is 17.8 Å². The lowest BCUT2D eigenvalue weighted by molar-refractivity contribution is -0.141. The van der Waals surface area contributed by atoms with Crippen molar-refractivity contribution in [3.8, 4) is 5.75 Å². The summed E-state index contributed by atoms with van der Waals surface area (Å²) in [5.74, 6) is -2.08. The first-order chi connectivity index (χ1) is 8.41. The zero-order valence-corrected chi connectivity index (χ0v) is 10.6. The molecule has 6 heteroatoms. The Labute approximate surface area is 109 Å². The van der Waals surface area contributed by atoms with Crippen LogP contribution in [0.4, 0.5) is 0 Å². The van der Waals surface area contributed by atoms with Crippen LogP contribution in [0.25, 0.3) is 0 Å². The molecule has 0 heterocycles. The number of amides is 1. The number of hydrogen-bond donors (Lipinski definition) is 3. The van der Waals surface area contributed by atoms with Crippen molar-refractivity contribution >= 4 is 23.5 Å². The summed E-state index contributed by atoms with van der Waals surface area (Å²) in [4.78, 5) is 22.3. The van der Waals surface area contributed by atoms with Gasteiger partial charge in [0.2, 0.25) is 0 Å². The van der Waals surface area contributed by atoms with E-state index in [2.05, 4.69) is 5.32 Å². The maximum absolute atomic E-state index is 11.7. The fourth-order valence-electron chi connectivity index (χ4n) is 1.31. The highest BCUT2D eigenvalue weighted by Crippen LogP contribution is 2.21. The van der Waals surface area contributed by atoms with Gasteiger partial charge in [-0.1, -0.05) is 18.5 Å². The van der Waals surface area contributed by atoms with Gasteiger partial charge in [-0.15, -0.1) is 0 Å². The number of phenols is 1. The van der Waals surface area contributed by atoms with Crippen LogP contribution in [0, 0.1) is 5.92 Å². The SMILES string of the molecule is CC(CCNC(=O)c1cc(Cl)ccc1O)C(=O)O. The van der Waals surface area contributed by atoms with E-state index in [1.807, 2.05) is 0 Å². The lowest BCUT2D eigenvalue weighted by atomic mass is 10.1. The third-order valence-electron chi connectivity index (χ3n) is 2.49. The summed E-state index contributed by atoms with van der Waals surface area (Å²) in [5, 5.41) is 21.0. The van der Waals surface area contributed by atoms with Crippen molar-refractivity contribution in [2.24, 2.45) is 5.92 Å². The molecule has 1 rings (SSSR count). The van der Waals surface area contributed by atoms with Gasteiger partial charge in [0.15, 0.2) is 0 Å². The number of aliphatic carboxylic acids is 1. The van der Waals surface area contributed by atoms with Crippen LogP contribution in [0.1, 0.15) is 23.7 Å². The highest BCUT2D eigenvalue weighted by molar-refractivity contribution is 6.31. The van der Waals surface area contributed by atoms with Crippen LogP contribution in [0.15, 0.2) is 18.2 Å². The topological polar surface area (TPSA) is 86.6 Å². The Morgan fingerprint density at radius 2 is 2.11 bits per heavy atom. The van der Waals surface area contributed by atoms with E-state index in [1.54, 1.807) is 6.92 Å². The molecule has 0 saturated carbocycles. The van der Waals surface area contributed by atoms with Crippen molar-refractivity contribution < 1.29 is 19.8 Å². The van der Waals surface area contributed by atoms with Gasteiger partial charge in [-0.2, -0.15) is 0 Å². The number of carbonyl (C=O) groups excluding carboxylic acids is 1. The quantitative estimate of drug-likeness (QED) is 0.763. The average Bonchev–Trinajstić information content (AvgIpc) is 2.31. The fourth-order valence-corrected chi connectivity index (χ4v) is 1.48. The van der Waals surface area contributed by atoms with Crippen LogP contribution >= 0.6 is 11.6 Å². The van der Waals surface area contributed by atoms with Gasteiger partial charge in [0.25, 0.3) is 5.91 Å². The molecule has 1 unspecified atom stereocenters. The molecule has 1 amide bonds. The smallest absolute Gasteiger partial charge is 0.306 e. The maximum Gasteiger partial charge on any atom is 0.306 e. The number of carboxylic acids is 1. The average molecular weight is 272 g/mol. The summed E-state index contributed by atoms with van der Waals surface area (Å²) < 4.78 is 0. The Kier molecular flexibility index (Phi) is 4.97. The molecule has 18 heavy (non-hydrogen) atoms. The molecule has 5 nitrogen and oxygen atoms in total. The van der Waals surface area contributed by atoms with E-state index in [0.717, 1.165) is 0 Å². The van der Waals surface area contributed by atoms with Crippen LogP contribution < -0.4 is 5.32 Å². The minimum atomic E-state index is -0.908. The highest BCUT2D eigenvalue weighted by atomic mass is 35.5. The lowest BCUT2D eigenvalue weighted by Gasteiger charge is -2.09. The van der Waals surface area contributed by atoms with Gasteiger partial charge in [0.1, 0.15) is 5.75 Å². The van der Waals surface area contributed by atoms with Crippen LogP contribution in [0.2, 0.25) is 5.02 Å². The second-order valence-corrected chi connectivity index (χ2v) is 4.38.